The van der Waals surface area contributed by atoms with Gasteiger partial charge in [-0.1, -0.05) is 48.9 Å². The van der Waals surface area contributed by atoms with Gasteiger partial charge in [-0.05, 0) is 50.0 Å². The van der Waals surface area contributed by atoms with Crippen molar-refractivity contribution in [3.8, 4) is 0 Å². The number of fused-ring (bicyclic) bond motifs is 1. The molecule has 1 heterocycles. The summed E-state index contributed by atoms with van der Waals surface area (Å²) in [7, 11) is 4.01. The Labute approximate surface area is 198 Å². The fraction of sp³-hybridized carbons (Fsp3) is 0.364. The van der Waals surface area contributed by atoms with E-state index in [-0.39, 0.29) is 18.3 Å². The van der Waals surface area contributed by atoms with Gasteiger partial charge in [0.1, 0.15) is 0 Å². The summed E-state index contributed by atoms with van der Waals surface area (Å²) in [6.45, 7) is 5.72. The van der Waals surface area contributed by atoms with E-state index in [0.717, 1.165) is 27.5 Å². The summed E-state index contributed by atoms with van der Waals surface area (Å²) in [6, 6.07) is 13.9. The highest BCUT2D eigenvalue weighted by molar-refractivity contribution is 7.99. The van der Waals surface area contributed by atoms with E-state index in [9.17, 15) is 4.79 Å². The number of rotatable bonds is 8. The fourth-order valence-electron chi connectivity index (χ4n) is 2.86. The molecule has 0 aliphatic rings. The third-order valence-electron chi connectivity index (χ3n) is 4.29. The molecular weight excluding hydrogens is 457 g/mol. The van der Waals surface area contributed by atoms with Gasteiger partial charge in [0, 0.05) is 28.3 Å². The van der Waals surface area contributed by atoms with Crippen LogP contribution in [0.1, 0.15) is 19.4 Å². The Balaban J connectivity index is 0.00000320. The maximum atomic E-state index is 13.2. The van der Waals surface area contributed by atoms with Crippen LogP contribution in [-0.4, -0.2) is 48.2 Å². The molecule has 2 aromatic carbocycles. The van der Waals surface area contributed by atoms with Crippen LogP contribution in [0.2, 0.25) is 5.02 Å². The van der Waals surface area contributed by atoms with Crippen molar-refractivity contribution in [1.29, 1.82) is 0 Å². The number of nitrogens with zero attached hydrogens (tertiary/aromatic N) is 3. The molecule has 0 aliphatic carbocycles. The number of aromatic nitrogens is 1. The van der Waals surface area contributed by atoms with E-state index in [2.05, 4.69) is 35.9 Å². The summed E-state index contributed by atoms with van der Waals surface area (Å²) in [5.74, 6) is 0.0567. The lowest BCUT2D eigenvalue weighted by molar-refractivity contribution is -0.118. The number of amides is 1. The van der Waals surface area contributed by atoms with Crippen LogP contribution in [0.15, 0.2) is 47.4 Å². The van der Waals surface area contributed by atoms with Crippen molar-refractivity contribution in [2.45, 2.75) is 30.4 Å². The van der Waals surface area contributed by atoms with Crippen molar-refractivity contribution in [3.63, 3.8) is 0 Å². The molecule has 1 amide bonds. The van der Waals surface area contributed by atoms with E-state index in [1.54, 1.807) is 4.90 Å². The number of hydrogen-bond acceptors (Lipinski definition) is 5. The average Bonchev–Trinajstić information content (AvgIpc) is 3.05. The second-order valence-electron chi connectivity index (χ2n) is 7.44. The van der Waals surface area contributed by atoms with Gasteiger partial charge in [-0.25, -0.2) is 4.98 Å². The average molecular weight is 485 g/mol. The molecule has 30 heavy (non-hydrogen) atoms. The van der Waals surface area contributed by atoms with Crippen LogP contribution in [0.5, 0.6) is 0 Å². The number of thiazole rings is 1. The molecule has 0 spiro atoms. The number of anilines is 1. The standard InChI is InChI=1S/C22H26ClN3OS2.ClH/c1-15(2)28-18-8-5-16(6-9-18)13-21(27)26(12-11-25(3)4)22-24-19-10-7-17(23)14-20(19)29-22;/h5-10,14-15H,11-13H2,1-4H3;1H. The summed E-state index contributed by atoms with van der Waals surface area (Å²) in [5, 5.41) is 1.94. The Morgan fingerprint density at radius 2 is 1.83 bits per heavy atom. The van der Waals surface area contributed by atoms with Gasteiger partial charge in [0.25, 0.3) is 0 Å². The molecule has 0 atom stereocenters. The van der Waals surface area contributed by atoms with E-state index in [1.165, 1.54) is 16.2 Å². The van der Waals surface area contributed by atoms with Crippen LogP contribution in [0.4, 0.5) is 5.13 Å². The van der Waals surface area contributed by atoms with Crippen LogP contribution in [0.3, 0.4) is 0 Å². The van der Waals surface area contributed by atoms with Gasteiger partial charge in [0.2, 0.25) is 5.91 Å². The molecule has 0 bridgehead atoms. The van der Waals surface area contributed by atoms with Crippen molar-refractivity contribution in [3.05, 3.63) is 53.1 Å². The van der Waals surface area contributed by atoms with Gasteiger partial charge >= 0.3 is 0 Å². The number of carbonyl (C=O) groups excluding carboxylic acids is 1. The molecule has 3 rings (SSSR count). The molecule has 0 radical (unpaired) electrons. The lowest BCUT2D eigenvalue weighted by atomic mass is 10.1. The summed E-state index contributed by atoms with van der Waals surface area (Å²) in [5.41, 5.74) is 1.88. The van der Waals surface area contributed by atoms with E-state index in [0.29, 0.717) is 23.2 Å². The molecule has 0 aliphatic heterocycles. The van der Waals surface area contributed by atoms with E-state index < -0.39 is 0 Å². The fourth-order valence-corrected chi connectivity index (χ4v) is 4.98. The summed E-state index contributed by atoms with van der Waals surface area (Å²) in [6.07, 6.45) is 0.358. The Bertz CT molecular complexity index is 974. The molecule has 0 fully saturated rings. The van der Waals surface area contributed by atoms with Gasteiger partial charge in [-0.15, -0.1) is 24.2 Å². The van der Waals surface area contributed by atoms with Crippen molar-refractivity contribution in [2.24, 2.45) is 0 Å². The van der Waals surface area contributed by atoms with Gasteiger partial charge < -0.3 is 4.90 Å². The SMILES string of the molecule is CC(C)Sc1ccc(CC(=O)N(CCN(C)C)c2nc3ccc(Cl)cc3s2)cc1.Cl. The first-order valence-electron chi connectivity index (χ1n) is 9.58. The van der Waals surface area contributed by atoms with E-state index >= 15 is 0 Å². The maximum absolute atomic E-state index is 13.2. The number of thioether (sulfide) groups is 1. The Hall–Kier alpha value is -1.31. The van der Waals surface area contributed by atoms with Gasteiger partial charge in [-0.2, -0.15) is 0 Å². The predicted molar refractivity (Wildman–Crippen MR) is 134 cm³/mol. The van der Waals surface area contributed by atoms with Crippen LogP contribution in [0, 0.1) is 0 Å². The number of benzene rings is 2. The van der Waals surface area contributed by atoms with Crippen molar-refractivity contribution >= 4 is 68.4 Å². The van der Waals surface area contributed by atoms with Gasteiger partial charge in [0.15, 0.2) is 5.13 Å². The summed E-state index contributed by atoms with van der Waals surface area (Å²) >= 11 is 9.45. The summed E-state index contributed by atoms with van der Waals surface area (Å²) in [4.78, 5) is 23.0. The van der Waals surface area contributed by atoms with Crippen molar-refractivity contribution < 1.29 is 4.79 Å². The Morgan fingerprint density at radius 1 is 1.13 bits per heavy atom. The zero-order valence-electron chi connectivity index (χ0n) is 17.6. The summed E-state index contributed by atoms with van der Waals surface area (Å²) < 4.78 is 0.991. The molecule has 0 N–H and O–H groups in total. The first-order chi connectivity index (χ1) is 13.8. The van der Waals surface area contributed by atoms with E-state index in [4.69, 9.17) is 11.6 Å². The van der Waals surface area contributed by atoms with Crippen molar-refractivity contribution in [2.75, 3.05) is 32.1 Å². The molecule has 0 saturated heterocycles. The zero-order chi connectivity index (χ0) is 21.0. The molecule has 3 aromatic rings. The van der Waals surface area contributed by atoms with Crippen molar-refractivity contribution in [1.82, 2.24) is 9.88 Å². The quantitative estimate of drug-likeness (QED) is 0.367. The topological polar surface area (TPSA) is 36.4 Å². The molecular formula is C22H27Cl2N3OS2. The molecule has 0 unspecified atom stereocenters. The largest absolute Gasteiger partial charge is 0.308 e. The third-order valence-corrected chi connectivity index (χ3v) is 6.58. The van der Waals surface area contributed by atoms with Crippen LogP contribution >= 0.6 is 47.1 Å². The maximum Gasteiger partial charge on any atom is 0.233 e. The monoisotopic (exact) mass is 483 g/mol. The zero-order valence-corrected chi connectivity index (χ0v) is 20.8. The Morgan fingerprint density at radius 3 is 2.47 bits per heavy atom. The number of hydrogen-bond donors (Lipinski definition) is 0. The Kier molecular flexibility index (Phi) is 9.44. The molecule has 1 aromatic heterocycles. The normalized spacial score (nSPS) is 11.2. The molecule has 4 nitrogen and oxygen atoms in total. The highest BCUT2D eigenvalue weighted by Gasteiger charge is 2.20. The van der Waals surface area contributed by atoms with Gasteiger partial charge in [-0.3, -0.25) is 9.69 Å². The minimum absolute atomic E-state index is 0. The number of likely N-dealkylation sites (N-methyl/N-ethyl adjacent to an activating group) is 1. The molecule has 0 saturated carbocycles. The second-order valence-corrected chi connectivity index (χ2v) is 10.5. The second kappa shape index (κ2) is 11.3. The first-order valence-corrected chi connectivity index (χ1v) is 11.7. The van der Waals surface area contributed by atoms with Crippen LogP contribution in [-0.2, 0) is 11.2 Å². The minimum atomic E-state index is 0. The first kappa shape index (κ1) is 25.0. The number of halogens is 2. The smallest absolute Gasteiger partial charge is 0.233 e. The van der Waals surface area contributed by atoms with Crippen LogP contribution < -0.4 is 4.90 Å². The third kappa shape index (κ3) is 6.86. The van der Waals surface area contributed by atoms with Crippen LogP contribution in [0.25, 0.3) is 10.2 Å². The highest BCUT2D eigenvalue weighted by atomic mass is 35.5. The highest BCUT2D eigenvalue weighted by Crippen LogP contribution is 2.31. The minimum Gasteiger partial charge on any atom is -0.308 e. The predicted octanol–water partition coefficient (Wildman–Crippen LogP) is 6.01. The lowest BCUT2D eigenvalue weighted by Crippen LogP contribution is -2.37. The number of carbonyl (C=O) groups is 1. The van der Waals surface area contributed by atoms with E-state index in [1.807, 2.05) is 56.2 Å². The van der Waals surface area contributed by atoms with Gasteiger partial charge in [0.05, 0.1) is 16.6 Å². The molecule has 8 heteroatoms. The lowest BCUT2D eigenvalue weighted by Gasteiger charge is -2.22. The molecule has 162 valence electrons.